The first-order valence-corrected chi connectivity index (χ1v) is 8.35. The maximum Gasteiger partial charge on any atom is 0.142 e. The highest BCUT2D eigenvalue weighted by Gasteiger charge is 2.23. The Morgan fingerprint density at radius 1 is 1.18 bits per heavy atom. The Bertz CT molecular complexity index is 918. The summed E-state index contributed by atoms with van der Waals surface area (Å²) in [6, 6.07) is 10.6. The fraction of sp³-hybridized carbons (Fsp3) is 0.222. The summed E-state index contributed by atoms with van der Waals surface area (Å²) >= 11 is 1.71. The van der Waals surface area contributed by atoms with Crippen LogP contribution in [0, 0.1) is 11.3 Å². The molecule has 0 radical (unpaired) electrons. The van der Waals surface area contributed by atoms with Crippen molar-refractivity contribution >= 4 is 27.2 Å². The number of nitrogen functional groups attached to an aromatic ring is 1. The molecular formula is C18H15N3S. The average molecular weight is 305 g/mol. The van der Waals surface area contributed by atoms with Gasteiger partial charge in [-0.05, 0) is 42.7 Å². The number of hydrogen-bond acceptors (Lipinski definition) is 4. The Balaban J connectivity index is 2.09. The molecule has 108 valence electrons. The van der Waals surface area contributed by atoms with E-state index in [0.717, 1.165) is 42.5 Å². The van der Waals surface area contributed by atoms with Crippen LogP contribution < -0.4 is 5.73 Å². The molecule has 2 heterocycles. The number of pyridine rings is 1. The SMILES string of the molecule is N#Cc1c(N)nc2c(c1-c1csc3ccccc13)CCCC2. The third kappa shape index (κ3) is 1.90. The van der Waals surface area contributed by atoms with Crippen LogP contribution in [-0.4, -0.2) is 4.98 Å². The minimum Gasteiger partial charge on any atom is -0.383 e. The first kappa shape index (κ1) is 13.3. The van der Waals surface area contributed by atoms with E-state index in [1.165, 1.54) is 15.6 Å². The van der Waals surface area contributed by atoms with Gasteiger partial charge in [-0.25, -0.2) is 4.98 Å². The van der Waals surface area contributed by atoms with E-state index in [1.807, 2.05) is 12.1 Å². The van der Waals surface area contributed by atoms with Gasteiger partial charge in [-0.1, -0.05) is 18.2 Å². The molecule has 4 rings (SSSR count). The second-order valence-electron chi connectivity index (χ2n) is 5.64. The molecule has 1 aromatic carbocycles. The maximum atomic E-state index is 9.61. The van der Waals surface area contributed by atoms with Crippen LogP contribution in [0.25, 0.3) is 21.2 Å². The molecule has 4 heteroatoms. The molecule has 0 amide bonds. The van der Waals surface area contributed by atoms with E-state index in [9.17, 15) is 5.26 Å². The van der Waals surface area contributed by atoms with Crippen LogP contribution in [0.15, 0.2) is 29.6 Å². The lowest BCUT2D eigenvalue weighted by Gasteiger charge is -2.20. The van der Waals surface area contributed by atoms with Crippen molar-refractivity contribution in [1.82, 2.24) is 4.98 Å². The number of aryl methyl sites for hydroxylation is 1. The van der Waals surface area contributed by atoms with Crippen LogP contribution in [0.3, 0.4) is 0 Å². The number of hydrogen-bond donors (Lipinski definition) is 1. The smallest absolute Gasteiger partial charge is 0.142 e. The second kappa shape index (κ2) is 5.11. The minimum atomic E-state index is 0.369. The van der Waals surface area contributed by atoms with Crippen molar-refractivity contribution in [3.63, 3.8) is 0 Å². The van der Waals surface area contributed by atoms with Gasteiger partial charge >= 0.3 is 0 Å². The number of nitriles is 1. The van der Waals surface area contributed by atoms with Gasteiger partial charge in [-0.3, -0.25) is 0 Å². The quantitative estimate of drug-likeness (QED) is 0.729. The molecule has 0 saturated heterocycles. The highest BCUT2D eigenvalue weighted by atomic mass is 32.1. The van der Waals surface area contributed by atoms with Crippen LogP contribution in [0.4, 0.5) is 5.82 Å². The molecule has 0 bridgehead atoms. The Morgan fingerprint density at radius 2 is 2.00 bits per heavy atom. The van der Waals surface area contributed by atoms with Gasteiger partial charge in [0, 0.05) is 26.9 Å². The van der Waals surface area contributed by atoms with Gasteiger partial charge in [0.05, 0.1) is 0 Å². The zero-order chi connectivity index (χ0) is 15.1. The van der Waals surface area contributed by atoms with E-state index < -0.39 is 0 Å². The van der Waals surface area contributed by atoms with Gasteiger partial charge in [-0.2, -0.15) is 5.26 Å². The summed E-state index contributed by atoms with van der Waals surface area (Å²) in [6.07, 6.45) is 4.24. The first-order chi connectivity index (χ1) is 10.8. The zero-order valence-electron chi connectivity index (χ0n) is 12.1. The molecule has 3 aromatic rings. The molecule has 1 aliphatic carbocycles. The lowest BCUT2D eigenvalue weighted by atomic mass is 9.86. The summed E-state index contributed by atoms with van der Waals surface area (Å²) in [5.41, 5.74) is 11.1. The Kier molecular flexibility index (Phi) is 3.09. The van der Waals surface area contributed by atoms with Crippen LogP contribution in [-0.2, 0) is 12.8 Å². The molecule has 3 nitrogen and oxygen atoms in total. The van der Waals surface area contributed by atoms with Crippen molar-refractivity contribution in [2.45, 2.75) is 25.7 Å². The number of aromatic nitrogens is 1. The van der Waals surface area contributed by atoms with Gasteiger partial charge in [0.2, 0.25) is 0 Å². The highest BCUT2D eigenvalue weighted by Crippen LogP contribution is 2.41. The van der Waals surface area contributed by atoms with E-state index >= 15 is 0 Å². The number of benzene rings is 1. The van der Waals surface area contributed by atoms with Crippen molar-refractivity contribution in [2.24, 2.45) is 0 Å². The lowest BCUT2D eigenvalue weighted by molar-refractivity contribution is 0.670. The number of rotatable bonds is 1. The van der Waals surface area contributed by atoms with Crippen LogP contribution in [0.5, 0.6) is 0 Å². The number of fused-ring (bicyclic) bond motifs is 2. The van der Waals surface area contributed by atoms with Crippen molar-refractivity contribution in [3.8, 4) is 17.2 Å². The van der Waals surface area contributed by atoms with Gasteiger partial charge in [0.25, 0.3) is 0 Å². The van der Waals surface area contributed by atoms with Gasteiger partial charge in [0.15, 0.2) is 0 Å². The topological polar surface area (TPSA) is 62.7 Å². The second-order valence-corrected chi connectivity index (χ2v) is 6.55. The van der Waals surface area contributed by atoms with Crippen LogP contribution in [0.1, 0.15) is 29.7 Å². The highest BCUT2D eigenvalue weighted by molar-refractivity contribution is 7.17. The maximum absolute atomic E-state index is 9.61. The first-order valence-electron chi connectivity index (χ1n) is 7.47. The molecule has 0 saturated carbocycles. The molecule has 0 unspecified atom stereocenters. The van der Waals surface area contributed by atoms with E-state index in [1.54, 1.807) is 11.3 Å². The number of thiophene rings is 1. The normalized spacial score (nSPS) is 13.8. The van der Waals surface area contributed by atoms with E-state index in [2.05, 4.69) is 28.6 Å². The Labute approximate surface area is 133 Å². The van der Waals surface area contributed by atoms with Crippen molar-refractivity contribution < 1.29 is 0 Å². The van der Waals surface area contributed by atoms with E-state index in [-0.39, 0.29) is 0 Å². The summed E-state index contributed by atoms with van der Waals surface area (Å²) in [4.78, 5) is 4.49. The molecule has 0 aliphatic heterocycles. The summed E-state index contributed by atoms with van der Waals surface area (Å²) in [7, 11) is 0. The lowest BCUT2D eigenvalue weighted by Crippen LogP contribution is -2.11. The zero-order valence-corrected chi connectivity index (χ0v) is 12.9. The molecule has 2 aromatic heterocycles. The van der Waals surface area contributed by atoms with Gasteiger partial charge in [0.1, 0.15) is 17.5 Å². The molecule has 2 N–H and O–H groups in total. The fourth-order valence-corrected chi connectivity index (χ4v) is 4.30. The largest absolute Gasteiger partial charge is 0.383 e. The molecule has 0 atom stereocenters. The third-order valence-corrected chi connectivity index (χ3v) is 5.33. The van der Waals surface area contributed by atoms with Crippen molar-refractivity contribution in [1.29, 1.82) is 5.26 Å². The van der Waals surface area contributed by atoms with E-state index in [0.29, 0.717) is 11.4 Å². The Hall–Kier alpha value is -2.38. The van der Waals surface area contributed by atoms with Crippen molar-refractivity contribution in [2.75, 3.05) is 5.73 Å². The van der Waals surface area contributed by atoms with Crippen molar-refractivity contribution in [3.05, 3.63) is 46.5 Å². The summed E-state index contributed by atoms with van der Waals surface area (Å²) in [5.74, 6) is 0.369. The standard InChI is InChI=1S/C18H15N3S/c19-9-13-17(12-6-1-3-7-15(12)21-18(13)20)14-10-22-16-8-4-2-5-11(14)16/h2,4-5,8,10H,1,3,6-7H2,(H2,20,21). The summed E-state index contributed by atoms with van der Waals surface area (Å²) in [5, 5.41) is 12.9. The van der Waals surface area contributed by atoms with Gasteiger partial charge < -0.3 is 5.73 Å². The minimum absolute atomic E-state index is 0.369. The predicted molar refractivity (Wildman–Crippen MR) is 90.8 cm³/mol. The predicted octanol–water partition coefficient (Wildman–Crippen LogP) is 4.30. The average Bonchev–Trinajstić information content (AvgIpc) is 2.97. The number of anilines is 1. The van der Waals surface area contributed by atoms with Crippen LogP contribution in [0.2, 0.25) is 0 Å². The third-order valence-electron chi connectivity index (χ3n) is 4.36. The molecule has 1 aliphatic rings. The number of nitrogens with two attached hydrogens (primary N) is 1. The van der Waals surface area contributed by atoms with E-state index in [4.69, 9.17) is 5.73 Å². The molecule has 0 fully saturated rings. The summed E-state index contributed by atoms with van der Waals surface area (Å²) in [6.45, 7) is 0. The van der Waals surface area contributed by atoms with Gasteiger partial charge in [-0.15, -0.1) is 11.3 Å². The molecule has 0 spiro atoms. The Morgan fingerprint density at radius 3 is 2.86 bits per heavy atom. The molecular weight excluding hydrogens is 290 g/mol. The molecule has 22 heavy (non-hydrogen) atoms. The van der Waals surface area contributed by atoms with Crippen LogP contribution >= 0.6 is 11.3 Å². The monoisotopic (exact) mass is 305 g/mol. The number of nitrogens with zero attached hydrogens (tertiary/aromatic N) is 2. The summed E-state index contributed by atoms with van der Waals surface area (Å²) < 4.78 is 1.24. The fourth-order valence-electron chi connectivity index (χ4n) is 3.34.